The minimum absolute atomic E-state index is 0.0796. The number of rotatable bonds is 6. The largest absolute Gasteiger partial charge is 0.486 e. The van der Waals surface area contributed by atoms with Crippen LogP contribution < -0.4 is 4.74 Å². The van der Waals surface area contributed by atoms with Crippen LogP contribution in [0.5, 0.6) is 5.75 Å². The Labute approximate surface area is 156 Å². The maximum atomic E-state index is 12.9. The molecule has 0 spiro atoms. The van der Waals surface area contributed by atoms with Gasteiger partial charge in [-0.05, 0) is 48.7 Å². The SMILES string of the molecule is CC(C)C1(C(=O)O)CCN(C(=O)c2ccc(COc3ccc(F)cc3)o2)C1. The molecule has 7 heteroatoms. The second kappa shape index (κ2) is 7.42. The molecule has 1 amide bonds. The number of nitrogens with zero attached hydrogens (tertiary/aromatic N) is 1. The minimum Gasteiger partial charge on any atom is -0.486 e. The number of carboxylic acid groups (broad SMARTS) is 1. The number of ether oxygens (including phenoxy) is 1. The van der Waals surface area contributed by atoms with Crippen molar-refractivity contribution in [2.75, 3.05) is 13.1 Å². The zero-order valence-corrected chi connectivity index (χ0v) is 15.3. The van der Waals surface area contributed by atoms with E-state index in [9.17, 15) is 19.1 Å². The molecule has 1 atom stereocenters. The predicted molar refractivity (Wildman–Crippen MR) is 94.9 cm³/mol. The Hall–Kier alpha value is -2.83. The van der Waals surface area contributed by atoms with Crippen molar-refractivity contribution >= 4 is 11.9 Å². The number of amides is 1. The molecule has 1 saturated heterocycles. The first-order valence-corrected chi connectivity index (χ1v) is 8.81. The Bertz CT molecular complexity index is 829. The summed E-state index contributed by atoms with van der Waals surface area (Å²) in [5.74, 6) is -0.537. The third kappa shape index (κ3) is 3.82. The molecular formula is C20H22FNO5. The molecule has 2 heterocycles. The third-order valence-corrected chi connectivity index (χ3v) is 5.19. The van der Waals surface area contributed by atoms with Gasteiger partial charge in [0.1, 0.15) is 23.9 Å². The Balaban J connectivity index is 1.63. The summed E-state index contributed by atoms with van der Waals surface area (Å²) >= 11 is 0. The van der Waals surface area contributed by atoms with E-state index in [2.05, 4.69) is 0 Å². The molecule has 3 rings (SSSR count). The van der Waals surface area contributed by atoms with Crippen LogP contribution >= 0.6 is 0 Å². The molecular weight excluding hydrogens is 353 g/mol. The maximum absolute atomic E-state index is 12.9. The lowest BCUT2D eigenvalue weighted by atomic mass is 9.76. The third-order valence-electron chi connectivity index (χ3n) is 5.19. The average Bonchev–Trinajstić information content (AvgIpc) is 3.29. The van der Waals surface area contributed by atoms with Crippen molar-refractivity contribution in [1.82, 2.24) is 4.90 Å². The molecule has 2 aromatic rings. The smallest absolute Gasteiger partial charge is 0.311 e. The Morgan fingerprint density at radius 2 is 1.96 bits per heavy atom. The van der Waals surface area contributed by atoms with Crippen LogP contribution in [0.4, 0.5) is 4.39 Å². The lowest BCUT2D eigenvalue weighted by molar-refractivity contribution is -0.150. The number of furan rings is 1. The fourth-order valence-corrected chi connectivity index (χ4v) is 3.31. The lowest BCUT2D eigenvalue weighted by Crippen LogP contribution is -2.40. The van der Waals surface area contributed by atoms with Gasteiger partial charge in [-0.3, -0.25) is 9.59 Å². The van der Waals surface area contributed by atoms with E-state index in [1.807, 2.05) is 13.8 Å². The number of hydrogen-bond acceptors (Lipinski definition) is 4. The zero-order chi connectivity index (χ0) is 19.6. The standard InChI is InChI=1S/C20H22FNO5/c1-13(2)20(19(24)25)9-10-22(12-20)18(23)17-8-7-16(27-17)11-26-15-5-3-14(21)4-6-15/h3-8,13H,9-12H2,1-2H3,(H,24,25). The number of carbonyl (C=O) groups is 2. The van der Waals surface area contributed by atoms with E-state index in [0.717, 1.165) is 0 Å². The van der Waals surface area contributed by atoms with Crippen LogP contribution in [0.3, 0.4) is 0 Å². The summed E-state index contributed by atoms with van der Waals surface area (Å²) in [5, 5.41) is 9.60. The number of likely N-dealkylation sites (tertiary alicyclic amines) is 1. The van der Waals surface area contributed by atoms with Gasteiger partial charge in [0, 0.05) is 13.1 Å². The van der Waals surface area contributed by atoms with Gasteiger partial charge in [0.15, 0.2) is 5.76 Å². The summed E-state index contributed by atoms with van der Waals surface area (Å²) in [6.45, 7) is 4.37. The second-order valence-electron chi connectivity index (χ2n) is 7.10. The van der Waals surface area contributed by atoms with Crippen molar-refractivity contribution in [1.29, 1.82) is 0 Å². The number of aliphatic carboxylic acids is 1. The zero-order valence-electron chi connectivity index (χ0n) is 15.3. The molecule has 1 fully saturated rings. The molecule has 0 aliphatic carbocycles. The van der Waals surface area contributed by atoms with Crippen LogP contribution in [-0.2, 0) is 11.4 Å². The molecule has 144 valence electrons. The van der Waals surface area contributed by atoms with Crippen molar-refractivity contribution < 1.29 is 28.2 Å². The summed E-state index contributed by atoms with van der Waals surface area (Å²) in [4.78, 5) is 25.9. The van der Waals surface area contributed by atoms with Gasteiger partial charge < -0.3 is 19.2 Å². The van der Waals surface area contributed by atoms with Crippen molar-refractivity contribution in [3.63, 3.8) is 0 Å². The second-order valence-corrected chi connectivity index (χ2v) is 7.10. The monoisotopic (exact) mass is 375 g/mol. The van der Waals surface area contributed by atoms with Gasteiger partial charge in [-0.1, -0.05) is 13.8 Å². The van der Waals surface area contributed by atoms with Gasteiger partial charge in [-0.25, -0.2) is 4.39 Å². The number of carbonyl (C=O) groups excluding carboxylic acids is 1. The van der Waals surface area contributed by atoms with Crippen LogP contribution in [-0.4, -0.2) is 35.0 Å². The highest BCUT2D eigenvalue weighted by Crippen LogP contribution is 2.38. The molecule has 1 aromatic heterocycles. The molecule has 1 aliphatic rings. The quantitative estimate of drug-likeness (QED) is 0.835. The van der Waals surface area contributed by atoms with E-state index in [4.69, 9.17) is 9.15 Å². The van der Waals surface area contributed by atoms with E-state index in [-0.39, 0.29) is 36.6 Å². The van der Waals surface area contributed by atoms with E-state index < -0.39 is 11.4 Å². The summed E-state index contributed by atoms with van der Waals surface area (Å²) < 4.78 is 23.9. The summed E-state index contributed by atoms with van der Waals surface area (Å²) in [6, 6.07) is 8.80. The molecule has 0 bridgehead atoms. The van der Waals surface area contributed by atoms with Crippen LogP contribution in [0.1, 0.15) is 36.6 Å². The Kier molecular flexibility index (Phi) is 5.21. The first-order valence-electron chi connectivity index (χ1n) is 8.81. The molecule has 6 nitrogen and oxygen atoms in total. The summed E-state index contributed by atoms with van der Waals surface area (Å²) in [5.41, 5.74) is -0.920. The predicted octanol–water partition coefficient (Wildman–Crippen LogP) is 3.57. The van der Waals surface area contributed by atoms with Crippen molar-refractivity contribution in [3.8, 4) is 5.75 Å². The number of carboxylic acids is 1. The van der Waals surface area contributed by atoms with Gasteiger partial charge >= 0.3 is 5.97 Å². The average molecular weight is 375 g/mol. The Morgan fingerprint density at radius 3 is 2.56 bits per heavy atom. The van der Waals surface area contributed by atoms with E-state index >= 15 is 0 Å². The number of hydrogen-bond donors (Lipinski definition) is 1. The Morgan fingerprint density at radius 1 is 1.26 bits per heavy atom. The highest BCUT2D eigenvalue weighted by Gasteiger charge is 2.48. The van der Waals surface area contributed by atoms with Crippen LogP contribution in [0, 0.1) is 17.2 Å². The fourth-order valence-electron chi connectivity index (χ4n) is 3.31. The first-order chi connectivity index (χ1) is 12.8. The van der Waals surface area contributed by atoms with E-state index in [0.29, 0.717) is 24.5 Å². The van der Waals surface area contributed by atoms with Crippen molar-refractivity contribution in [2.45, 2.75) is 26.9 Å². The van der Waals surface area contributed by atoms with Crippen molar-refractivity contribution in [3.05, 3.63) is 53.7 Å². The van der Waals surface area contributed by atoms with Gasteiger partial charge in [0.2, 0.25) is 0 Å². The van der Waals surface area contributed by atoms with Gasteiger partial charge in [-0.15, -0.1) is 0 Å². The van der Waals surface area contributed by atoms with Gasteiger partial charge in [0.25, 0.3) is 5.91 Å². The van der Waals surface area contributed by atoms with Gasteiger partial charge in [-0.2, -0.15) is 0 Å². The van der Waals surface area contributed by atoms with Crippen LogP contribution in [0.15, 0.2) is 40.8 Å². The van der Waals surface area contributed by atoms with Gasteiger partial charge in [0.05, 0.1) is 5.41 Å². The number of halogens is 1. The van der Waals surface area contributed by atoms with Crippen LogP contribution in [0.25, 0.3) is 0 Å². The molecule has 0 radical (unpaired) electrons. The lowest BCUT2D eigenvalue weighted by Gasteiger charge is -2.28. The maximum Gasteiger partial charge on any atom is 0.311 e. The molecule has 1 aromatic carbocycles. The molecule has 27 heavy (non-hydrogen) atoms. The highest BCUT2D eigenvalue weighted by atomic mass is 19.1. The molecule has 1 aliphatic heterocycles. The summed E-state index contributed by atoms with van der Waals surface area (Å²) in [7, 11) is 0. The molecule has 1 unspecified atom stereocenters. The highest BCUT2D eigenvalue weighted by molar-refractivity contribution is 5.92. The normalized spacial score (nSPS) is 19.5. The van der Waals surface area contributed by atoms with E-state index in [1.54, 1.807) is 12.1 Å². The van der Waals surface area contributed by atoms with Crippen LogP contribution in [0.2, 0.25) is 0 Å². The molecule has 0 saturated carbocycles. The first kappa shape index (κ1) is 18.9. The number of benzene rings is 1. The summed E-state index contributed by atoms with van der Waals surface area (Å²) in [6.07, 6.45) is 0.424. The van der Waals surface area contributed by atoms with Crippen molar-refractivity contribution in [2.24, 2.45) is 11.3 Å². The fraction of sp³-hybridized carbons (Fsp3) is 0.400. The molecule has 1 N–H and O–H groups in total. The van der Waals surface area contributed by atoms with E-state index in [1.165, 1.54) is 29.2 Å². The topological polar surface area (TPSA) is 80.0 Å². The minimum atomic E-state index is -0.920.